The van der Waals surface area contributed by atoms with Gasteiger partial charge >= 0.3 is 6.18 Å². The fraction of sp³-hybridized carbons (Fsp3) is 0.667. The molecule has 2 heterocycles. The predicted molar refractivity (Wildman–Crippen MR) is 80.1 cm³/mol. The van der Waals surface area contributed by atoms with E-state index < -0.39 is 11.9 Å². The van der Waals surface area contributed by atoms with Gasteiger partial charge in [-0.3, -0.25) is 0 Å². The van der Waals surface area contributed by atoms with Crippen LogP contribution < -0.4 is 5.32 Å². The normalized spacial score (nSPS) is 17.2. The third-order valence-corrected chi connectivity index (χ3v) is 4.46. The lowest BCUT2D eigenvalue weighted by molar-refractivity contribution is -0.141. The van der Waals surface area contributed by atoms with E-state index in [0.717, 1.165) is 38.2 Å². The van der Waals surface area contributed by atoms with Crippen LogP contribution in [0.3, 0.4) is 0 Å². The number of rotatable bonds is 6. The van der Waals surface area contributed by atoms with Gasteiger partial charge in [0.05, 0.1) is 0 Å². The summed E-state index contributed by atoms with van der Waals surface area (Å²) in [5.41, 5.74) is -0.941. The van der Waals surface area contributed by atoms with E-state index in [2.05, 4.69) is 27.3 Å². The quantitative estimate of drug-likeness (QED) is 0.874. The summed E-state index contributed by atoms with van der Waals surface area (Å²) in [7, 11) is 0. The van der Waals surface area contributed by atoms with E-state index in [0.29, 0.717) is 11.7 Å². The van der Waals surface area contributed by atoms with Crippen LogP contribution in [0, 0.1) is 5.92 Å². The molecule has 1 atom stereocenters. The Morgan fingerprint density at radius 1 is 1.39 bits per heavy atom. The van der Waals surface area contributed by atoms with Crippen molar-refractivity contribution in [2.45, 2.75) is 57.7 Å². The molecule has 1 N–H and O–H groups in total. The zero-order valence-electron chi connectivity index (χ0n) is 13.0. The summed E-state index contributed by atoms with van der Waals surface area (Å²) in [6.45, 7) is 2.11. The lowest BCUT2D eigenvalue weighted by Gasteiger charge is -2.35. The third kappa shape index (κ3) is 3.40. The van der Waals surface area contributed by atoms with E-state index in [1.54, 1.807) is 0 Å². The second-order valence-corrected chi connectivity index (χ2v) is 6.08. The van der Waals surface area contributed by atoms with Crippen LogP contribution in [-0.4, -0.2) is 25.6 Å². The smallest absolute Gasteiger partial charge is 0.367 e. The van der Waals surface area contributed by atoms with Crippen molar-refractivity contribution in [3.63, 3.8) is 0 Å². The van der Waals surface area contributed by atoms with Crippen LogP contribution in [0.5, 0.6) is 0 Å². The number of unbranched alkanes of at least 4 members (excludes halogenated alkanes) is 1. The molecule has 126 valence electrons. The molecule has 0 spiro atoms. The molecule has 0 bridgehead atoms. The number of hydrogen-bond acceptors (Lipinski definition) is 4. The molecule has 0 saturated heterocycles. The van der Waals surface area contributed by atoms with Crippen molar-refractivity contribution in [3.05, 3.63) is 18.1 Å². The number of nitrogens with zero attached hydrogens (tertiary/aromatic N) is 4. The second-order valence-electron chi connectivity index (χ2n) is 6.08. The summed E-state index contributed by atoms with van der Waals surface area (Å²) >= 11 is 0. The van der Waals surface area contributed by atoms with Crippen molar-refractivity contribution in [1.82, 2.24) is 19.6 Å². The van der Waals surface area contributed by atoms with Gasteiger partial charge in [-0.2, -0.15) is 27.8 Å². The number of nitrogens with one attached hydrogen (secondary N) is 1. The molecule has 2 aromatic rings. The number of halogens is 3. The van der Waals surface area contributed by atoms with Crippen molar-refractivity contribution in [3.8, 4) is 0 Å². The van der Waals surface area contributed by atoms with Crippen LogP contribution in [0.1, 0.15) is 51.1 Å². The van der Waals surface area contributed by atoms with Crippen LogP contribution in [0.25, 0.3) is 5.78 Å². The Morgan fingerprint density at radius 3 is 2.78 bits per heavy atom. The van der Waals surface area contributed by atoms with Gasteiger partial charge in [-0.25, -0.2) is 4.98 Å². The highest BCUT2D eigenvalue weighted by molar-refractivity contribution is 5.46. The summed E-state index contributed by atoms with van der Waals surface area (Å²) in [6, 6.07) is 1.19. The zero-order valence-corrected chi connectivity index (χ0v) is 13.0. The molecule has 3 rings (SSSR count). The molecular weight excluding hydrogens is 307 g/mol. The Hall–Kier alpha value is -1.86. The first-order valence-corrected chi connectivity index (χ1v) is 8.03. The number of aromatic nitrogens is 4. The Bertz CT molecular complexity index is 663. The van der Waals surface area contributed by atoms with E-state index in [9.17, 15) is 13.2 Å². The molecule has 0 amide bonds. The Kier molecular flexibility index (Phi) is 4.41. The van der Waals surface area contributed by atoms with Gasteiger partial charge in [0.2, 0.25) is 0 Å². The monoisotopic (exact) mass is 327 g/mol. The molecule has 1 saturated carbocycles. The lowest BCUT2D eigenvalue weighted by atomic mass is 9.78. The van der Waals surface area contributed by atoms with Gasteiger partial charge in [0.1, 0.15) is 12.1 Å². The van der Waals surface area contributed by atoms with Crippen molar-refractivity contribution in [1.29, 1.82) is 0 Å². The van der Waals surface area contributed by atoms with E-state index in [-0.39, 0.29) is 11.8 Å². The standard InChI is InChI=1S/C15H20F3N5/c1-2-3-7-11(10-5-4-6-10)21-13-8-12(15(16,17)18)22-14-19-9-20-23(13)14/h8-11,21H,2-7H2,1H3. The van der Waals surface area contributed by atoms with Gasteiger partial charge in [0, 0.05) is 12.1 Å². The summed E-state index contributed by atoms with van der Waals surface area (Å²) < 4.78 is 40.4. The average molecular weight is 327 g/mol. The highest BCUT2D eigenvalue weighted by Gasteiger charge is 2.35. The van der Waals surface area contributed by atoms with Gasteiger partial charge < -0.3 is 5.32 Å². The Balaban J connectivity index is 1.91. The number of anilines is 1. The van der Waals surface area contributed by atoms with Crippen LogP contribution in [0.15, 0.2) is 12.4 Å². The predicted octanol–water partition coefficient (Wildman–Crippen LogP) is 3.91. The largest absolute Gasteiger partial charge is 0.433 e. The third-order valence-electron chi connectivity index (χ3n) is 4.46. The van der Waals surface area contributed by atoms with Gasteiger partial charge in [-0.15, -0.1) is 0 Å². The maximum atomic E-state index is 13.0. The Labute approximate surface area is 132 Å². The zero-order chi connectivity index (χ0) is 16.4. The minimum absolute atomic E-state index is 0.0369. The highest BCUT2D eigenvalue weighted by Crippen LogP contribution is 2.34. The molecule has 2 aromatic heterocycles. The minimum atomic E-state index is -4.50. The second kappa shape index (κ2) is 6.33. The van der Waals surface area contributed by atoms with Crippen LogP contribution >= 0.6 is 0 Å². The molecule has 8 heteroatoms. The number of fused-ring (bicyclic) bond motifs is 1. The first kappa shape index (κ1) is 16.0. The lowest BCUT2D eigenvalue weighted by Crippen LogP contribution is -2.34. The van der Waals surface area contributed by atoms with Crippen LogP contribution in [-0.2, 0) is 6.18 Å². The van der Waals surface area contributed by atoms with Gasteiger partial charge in [0.15, 0.2) is 5.69 Å². The maximum Gasteiger partial charge on any atom is 0.433 e. The summed E-state index contributed by atoms with van der Waals surface area (Å²) in [4.78, 5) is 7.34. The molecule has 5 nitrogen and oxygen atoms in total. The molecule has 1 aliphatic carbocycles. The van der Waals surface area contributed by atoms with Gasteiger partial charge in [-0.1, -0.05) is 26.2 Å². The average Bonchev–Trinajstić information content (AvgIpc) is 2.90. The molecule has 0 aromatic carbocycles. The maximum absolute atomic E-state index is 13.0. The van der Waals surface area contributed by atoms with Crippen molar-refractivity contribution >= 4 is 11.6 Å². The van der Waals surface area contributed by atoms with Crippen molar-refractivity contribution in [2.24, 2.45) is 5.92 Å². The molecule has 1 unspecified atom stereocenters. The van der Waals surface area contributed by atoms with Gasteiger partial charge in [-0.05, 0) is 25.2 Å². The molecule has 0 radical (unpaired) electrons. The fourth-order valence-electron chi connectivity index (χ4n) is 2.94. The molecule has 1 fully saturated rings. The molecular formula is C15H20F3N5. The highest BCUT2D eigenvalue weighted by atomic mass is 19.4. The van der Waals surface area contributed by atoms with Crippen molar-refractivity contribution < 1.29 is 13.2 Å². The Morgan fingerprint density at radius 2 is 2.17 bits per heavy atom. The minimum Gasteiger partial charge on any atom is -0.367 e. The molecule has 23 heavy (non-hydrogen) atoms. The number of hydrogen-bond donors (Lipinski definition) is 1. The fourth-order valence-corrected chi connectivity index (χ4v) is 2.94. The number of alkyl halides is 3. The summed E-state index contributed by atoms with van der Waals surface area (Å²) in [5.74, 6) is 0.792. The first-order valence-electron chi connectivity index (χ1n) is 8.03. The topological polar surface area (TPSA) is 55.1 Å². The molecule has 1 aliphatic rings. The SMILES string of the molecule is CCCCC(Nc1cc(C(F)(F)F)nc2ncnn12)C1CCC1. The van der Waals surface area contributed by atoms with E-state index >= 15 is 0 Å². The van der Waals surface area contributed by atoms with Crippen molar-refractivity contribution in [2.75, 3.05) is 5.32 Å². The van der Waals surface area contributed by atoms with E-state index in [1.165, 1.54) is 17.3 Å². The first-order chi connectivity index (χ1) is 11.0. The molecule has 0 aliphatic heterocycles. The van der Waals surface area contributed by atoms with E-state index in [4.69, 9.17) is 0 Å². The summed E-state index contributed by atoms with van der Waals surface area (Å²) in [5, 5.41) is 7.27. The summed E-state index contributed by atoms with van der Waals surface area (Å²) in [6.07, 6.45) is 3.22. The van der Waals surface area contributed by atoms with Crippen LogP contribution in [0.4, 0.5) is 19.0 Å². The van der Waals surface area contributed by atoms with Crippen LogP contribution in [0.2, 0.25) is 0 Å². The van der Waals surface area contributed by atoms with E-state index in [1.807, 2.05) is 0 Å². The van der Waals surface area contributed by atoms with Gasteiger partial charge in [0.25, 0.3) is 5.78 Å².